The van der Waals surface area contributed by atoms with Crippen LogP contribution >= 0.6 is 11.8 Å². The molecule has 1 aliphatic carbocycles. The van der Waals surface area contributed by atoms with Crippen LogP contribution in [0.3, 0.4) is 0 Å². The third-order valence-electron chi connectivity index (χ3n) is 7.50. The number of rotatable bonds is 7. The molecular weight excluding hydrogens is 514 g/mol. The molecule has 1 aromatic carbocycles. The van der Waals surface area contributed by atoms with Gasteiger partial charge in [-0.2, -0.15) is 0 Å². The number of nitrogens with one attached hydrogen (secondary N) is 1. The van der Waals surface area contributed by atoms with Crippen LogP contribution in [0.25, 0.3) is 10.9 Å². The molecule has 3 aromatic rings. The number of nitrogens with zero attached hydrogens (tertiary/aromatic N) is 3. The van der Waals surface area contributed by atoms with Crippen LogP contribution in [0.4, 0.5) is 8.78 Å². The Morgan fingerprint density at radius 1 is 1.21 bits per heavy atom. The first kappa shape index (κ1) is 26.4. The quantitative estimate of drug-likeness (QED) is 0.464. The van der Waals surface area contributed by atoms with Gasteiger partial charge in [-0.1, -0.05) is 11.8 Å². The minimum absolute atomic E-state index is 0.0768. The molecule has 8 nitrogen and oxygen atoms in total. The van der Waals surface area contributed by atoms with E-state index in [9.17, 15) is 28.3 Å². The van der Waals surface area contributed by atoms with Crippen molar-refractivity contribution in [3.63, 3.8) is 0 Å². The maximum atomic E-state index is 14.9. The first-order valence-corrected chi connectivity index (χ1v) is 13.7. The van der Waals surface area contributed by atoms with E-state index >= 15 is 0 Å². The SMILES string of the molecule is Cn1cc(C(=O)O)c(=O)c2c(CCC3CCC(NCc4cnc5c(n4)CC(=O)CS5)CC3)c(F)cc(F)c21. The zero-order chi connectivity index (χ0) is 27.0. The molecule has 0 atom stereocenters. The lowest BCUT2D eigenvalue weighted by Gasteiger charge is -2.29. The number of halogens is 2. The summed E-state index contributed by atoms with van der Waals surface area (Å²) in [4.78, 5) is 45.1. The predicted octanol–water partition coefficient (Wildman–Crippen LogP) is 3.80. The van der Waals surface area contributed by atoms with Crippen LogP contribution in [-0.2, 0) is 31.2 Å². The maximum Gasteiger partial charge on any atom is 0.341 e. The Morgan fingerprint density at radius 2 is 1.97 bits per heavy atom. The standard InChI is InChI=1S/C27H28F2N4O4S/c1-33-12-19(27(36)37)25(35)23-18(20(28)9-21(29)24(23)33)7-4-14-2-5-15(6-3-14)30-10-16-11-31-26-22(32-16)8-17(34)13-38-26/h9,11-12,14-15,30H,2-8,10,13H2,1H3,(H,36,37). The van der Waals surface area contributed by atoms with Crippen molar-refractivity contribution in [3.8, 4) is 0 Å². The number of benzene rings is 1. The molecule has 0 saturated heterocycles. The second-order valence-electron chi connectivity index (χ2n) is 10.1. The number of carboxylic acid groups (broad SMARTS) is 1. The minimum Gasteiger partial charge on any atom is -0.477 e. The Hall–Kier alpha value is -3.18. The van der Waals surface area contributed by atoms with Gasteiger partial charge in [0, 0.05) is 37.5 Å². The number of Topliss-reactive ketones (excluding diaryl/α,β-unsaturated/α-hetero) is 1. The number of carboxylic acids is 1. The maximum absolute atomic E-state index is 14.9. The molecular formula is C27H28F2N4O4S. The number of hydrogen-bond acceptors (Lipinski definition) is 7. The zero-order valence-corrected chi connectivity index (χ0v) is 21.7. The molecule has 0 bridgehead atoms. The number of pyridine rings is 1. The first-order valence-electron chi connectivity index (χ1n) is 12.7. The second-order valence-corrected chi connectivity index (χ2v) is 11.0. The summed E-state index contributed by atoms with van der Waals surface area (Å²) in [6.45, 7) is 0.566. The lowest BCUT2D eigenvalue weighted by atomic mass is 9.82. The summed E-state index contributed by atoms with van der Waals surface area (Å²) in [6, 6.07) is 1.07. The van der Waals surface area contributed by atoms with Crippen LogP contribution in [0.15, 0.2) is 28.3 Å². The van der Waals surface area contributed by atoms with Gasteiger partial charge in [0.25, 0.3) is 0 Å². The largest absolute Gasteiger partial charge is 0.477 e. The van der Waals surface area contributed by atoms with Gasteiger partial charge < -0.3 is 15.0 Å². The molecule has 200 valence electrons. The Labute approximate surface area is 221 Å². The fourth-order valence-electron chi connectivity index (χ4n) is 5.50. The van der Waals surface area contributed by atoms with E-state index in [1.54, 1.807) is 6.20 Å². The highest BCUT2D eigenvalue weighted by Crippen LogP contribution is 2.31. The summed E-state index contributed by atoms with van der Waals surface area (Å²) in [6.07, 6.45) is 7.68. The molecule has 3 heterocycles. The molecule has 1 fully saturated rings. The molecule has 0 amide bonds. The molecule has 2 aliphatic rings. The van der Waals surface area contributed by atoms with Gasteiger partial charge in [0.2, 0.25) is 5.43 Å². The summed E-state index contributed by atoms with van der Waals surface area (Å²) in [7, 11) is 1.45. The molecule has 0 unspecified atom stereocenters. The number of ketones is 1. The van der Waals surface area contributed by atoms with Crippen molar-refractivity contribution in [2.75, 3.05) is 5.75 Å². The van der Waals surface area contributed by atoms with E-state index < -0.39 is 28.6 Å². The Morgan fingerprint density at radius 3 is 2.71 bits per heavy atom. The number of carbonyl (C=O) groups excluding carboxylic acids is 1. The van der Waals surface area contributed by atoms with Crippen molar-refractivity contribution >= 4 is 34.4 Å². The summed E-state index contributed by atoms with van der Waals surface area (Å²) in [5, 5.41) is 13.6. The Kier molecular flexibility index (Phi) is 7.58. The predicted molar refractivity (Wildman–Crippen MR) is 138 cm³/mol. The monoisotopic (exact) mass is 542 g/mol. The summed E-state index contributed by atoms with van der Waals surface area (Å²) in [5.74, 6) is -2.22. The van der Waals surface area contributed by atoms with Gasteiger partial charge in [-0.05, 0) is 44.4 Å². The summed E-state index contributed by atoms with van der Waals surface area (Å²) >= 11 is 1.43. The number of aryl methyl sites for hydroxylation is 2. The first-order chi connectivity index (χ1) is 18.2. The van der Waals surface area contributed by atoms with Gasteiger partial charge >= 0.3 is 5.97 Å². The van der Waals surface area contributed by atoms with Gasteiger partial charge in [0.05, 0.1) is 40.7 Å². The van der Waals surface area contributed by atoms with E-state index in [0.29, 0.717) is 37.1 Å². The van der Waals surface area contributed by atoms with Crippen LogP contribution in [0, 0.1) is 17.6 Å². The van der Waals surface area contributed by atoms with Crippen molar-refractivity contribution in [2.45, 2.75) is 62.6 Å². The fraction of sp³-hybridized carbons (Fsp3) is 0.444. The molecule has 1 saturated carbocycles. The van der Waals surface area contributed by atoms with E-state index in [1.165, 1.54) is 23.4 Å². The molecule has 0 radical (unpaired) electrons. The lowest BCUT2D eigenvalue weighted by Crippen LogP contribution is -2.33. The molecule has 2 N–H and O–H groups in total. The number of carbonyl (C=O) groups is 2. The third kappa shape index (κ3) is 5.35. The van der Waals surface area contributed by atoms with Gasteiger partial charge in [-0.3, -0.25) is 14.6 Å². The van der Waals surface area contributed by atoms with E-state index in [1.807, 2.05) is 0 Å². The highest BCUT2D eigenvalue weighted by molar-refractivity contribution is 8.00. The molecule has 11 heteroatoms. The molecule has 0 spiro atoms. The summed E-state index contributed by atoms with van der Waals surface area (Å²) in [5.41, 5.74) is 0.180. The molecule has 1 aliphatic heterocycles. The molecule has 2 aromatic heterocycles. The van der Waals surface area contributed by atoms with Gasteiger partial charge in [-0.25, -0.2) is 18.6 Å². The van der Waals surface area contributed by atoms with Gasteiger partial charge in [0.1, 0.15) is 22.2 Å². The third-order valence-corrected chi connectivity index (χ3v) is 8.58. The number of hydrogen-bond donors (Lipinski definition) is 2. The van der Waals surface area contributed by atoms with Crippen LogP contribution < -0.4 is 10.7 Å². The summed E-state index contributed by atoms with van der Waals surface area (Å²) < 4.78 is 30.6. The number of fused-ring (bicyclic) bond motifs is 2. The zero-order valence-electron chi connectivity index (χ0n) is 20.9. The van der Waals surface area contributed by atoms with Crippen molar-refractivity contribution in [2.24, 2.45) is 13.0 Å². The average Bonchev–Trinajstić information content (AvgIpc) is 2.89. The number of aromatic nitrogens is 3. The van der Waals surface area contributed by atoms with Crippen molar-refractivity contribution in [1.82, 2.24) is 19.9 Å². The van der Waals surface area contributed by atoms with E-state index in [4.69, 9.17) is 0 Å². The van der Waals surface area contributed by atoms with E-state index in [2.05, 4.69) is 15.3 Å². The molecule has 5 rings (SSSR count). The number of thioether (sulfide) groups is 1. The van der Waals surface area contributed by atoms with Crippen molar-refractivity contribution < 1.29 is 23.5 Å². The van der Waals surface area contributed by atoms with Crippen molar-refractivity contribution in [1.29, 1.82) is 0 Å². The second kappa shape index (κ2) is 10.9. The van der Waals surface area contributed by atoms with Crippen LogP contribution in [-0.4, -0.2) is 43.2 Å². The van der Waals surface area contributed by atoms with Crippen LogP contribution in [0.5, 0.6) is 0 Å². The Bertz CT molecular complexity index is 1480. The van der Waals surface area contributed by atoms with E-state index in [-0.39, 0.29) is 28.7 Å². The Balaban J connectivity index is 1.21. The van der Waals surface area contributed by atoms with Crippen LogP contribution in [0.2, 0.25) is 0 Å². The fourth-order valence-corrected chi connectivity index (χ4v) is 6.32. The highest BCUT2D eigenvalue weighted by Gasteiger charge is 2.25. The minimum atomic E-state index is -1.43. The topological polar surface area (TPSA) is 114 Å². The lowest BCUT2D eigenvalue weighted by molar-refractivity contribution is -0.116. The molecule has 38 heavy (non-hydrogen) atoms. The van der Waals surface area contributed by atoms with Gasteiger partial charge in [0.15, 0.2) is 5.82 Å². The highest BCUT2D eigenvalue weighted by atomic mass is 32.2. The van der Waals surface area contributed by atoms with E-state index in [0.717, 1.165) is 54.4 Å². The smallest absolute Gasteiger partial charge is 0.341 e. The van der Waals surface area contributed by atoms with Crippen molar-refractivity contribution in [3.05, 3.63) is 62.8 Å². The average molecular weight is 543 g/mol. The number of aromatic carboxylic acids is 1. The van der Waals surface area contributed by atoms with Gasteiger partial charge in [-0.15, -0.1) is 0 Å². The van der Waals surface area contributed by atoms with Crippen LogP contribution in [0.1, 0.15) is 59.4 Å². The normalized spacial score (nSPS) is 19.5.